The van der Waals surface area contributed by atoms with Gasteiger partial charge in [-0.25, -0.2) is 4.39 Å². The Kier molecular flexibility index (Phi) is 6.05. The van der Waals surface area contributed by atoms with Crippen molar-refractivity contribution >= 4 is 5.69 Å². The summed E-state index contributed by atoms with van der Waals surface area (Å²) in [6, 6.07) is 3.20. The number of methoxy groups -OCH3 is 1. The number of ether oxygens (including phenoxy) is 2. The van der Waals surface area contributed by atoms with Crippen LogP contribution in [0.25, 0.3) is 0 Å². The summed E-state index contributed by atoms with van der Waals surface area (Å²) < 4.78 is 79.5. The van der Waals surface area contributed by atoms with Gasteiger partial charge in [-0.3, -0.25) is 4.79 Å². The van der Waals surface area contributed by atoms with Gasteiger partial charge in [0.1, 0.15) is 11.8 Å². The summed E-state index contributed by atoms with van der Waals surface area (Å²) in [5, 5.41) is 0. The highest BCUT2D eigenvalue weighted by molar-refractivity contribution is 5.50. The number of pyridine rings is 1. The fourth-order valence-corrected chi connectivity index (χ4v) is 4.35. The minimum Gasteiger partial charge on any atom is -0.493 e. The van der Waals surface area contributed by atoms with Gasteiger partial charge < -0.3 is 19.4 Å². The molecular weight excluding hydrogens is 423 g/mol. The number of nitrogens with zero attached hydrogens (tertiary/aromatic N) is 1. The Hall–Kier alpha value is -2.62. The van der Waals surface area contributed by atoms with Gasteiger partial charge in [-0.1, -0.05) is 13.0 Å². The highest BCUT2D eigenvalue weighted by atomic mass is 19.4. The van der Waals surface area contributed by atoms with Gasteiger partial charge in [0.25, 0.3) is 0 Å². The van der Waals surface area contributed by atoms with Gasteiger partial charge in [-0.2, -0.15) is 17.6 Å². The molecule has 1 aliphatic rings. The van der Waals surface area contributed by atoms with Crippen molar-refractivity contribution in [1.82, 2.24) is 4.98 Å². The molecule has 1 fully saturated rings. The number of H-pyrrole nitrogens is 1. The average Bonchev–Trinajstić information content (AvgIpc) is 3.00. The molecule has 1 aliphatic heterocycles. The van der Waals surface area contributed by atoms with Crippen LogP contribution in [0.1, 0.15) is 35.9 Å². The molecule has 5 nitrogen and oxygen atoms in total. The molecule has 1 saturated heterocycles. The first-order valence-electron chi connectivity index (χ1n) is 9.53. The second-order valence-corrected chi connectivity index (χ2v) is 7.84. The van der Waals surface area contributed by atoms with E-state index in [2.05, 4.69) is 4.98 Å². The second kappa shape index (κ2) is 8.14. The van der Waals surface area contributed by atoms with Crippen LogP contribution in [0.2, 0.25) is 0 Å². The van der Waals surface area contributed by atoms with Crippen molar-refractivity contribution < 1.29 is 31.4 Å². The fraction of sp³-hybridized carbons (Fsp3) is 0.476. The summed E-state index contributed by atoms with van der Waals surface area (Å²) in [4.78, 5) is 17.2. The lowest BCUT2D eigenvalue weighted by atomic mass is 9.81. The minimum absolute atomic E-state index is 0.0286. The molecule has 0 aliphatic carbocycles. The van der Waals surface area contributed by atoms with Crippen LogP contribution in [0.5, 0.6) is 5.75 Å². The van der Waals surface area contributed by atoms with Crippen LogP contribution in [-0.4, -0.2) is 38.5 Å². The Labute approximate surface area is 175 Å². The molecule has 2 aromatic rings. The maximum absolute atomic E-state index is 14.3. The Morgan fingerprint density at radius 1 is 1.19 bits per heavy atom. The van der Waals surface area contributed by atoms with Crippen molar-refractivity contribution in [1.29, 1.82) is 0 Å². The topological polar surface area (TPSA) is 54.6 Å². The van der Waals surface area contributed by atoms with E-state index in [9.17, 15) is 26.7 Å². The van der Waals surface area contributed by atoms with Crippen LogP contribution in [0.4, 0.5) is 27.6 Å². The molecule has 0 saturated carbocycles. The molecule has 4 atom stereocenters. The lowest BCUT2D eigenvalue weighted by Crippen LogP contribution is -2.33. The van der Waals surface area contributed by atoms with E-state index in [1.54, 1.807) is 25.9 Å². The first kappa shape index (κ1) is 23.1. The summed E-state index contributed by atoms with van der Waals surface area (Å²) in [5.41, 5.74) is 0.530. The number of anilines is 1. The SMILES string of the molecule is COc1c([C@H]2[C@@H](C)[C@@H](C(F)(F)F)O[C@@H]2c2cc(=O)c(N(C)C)c(C)[nH]2)ccc(F)c1F. The predicted octanol–water partition coefficient (Wildman–Crippen LogP) is 4.46. The number of rotatable bonds is 4. The summed E-state index contributed by atoms with van der Waals surface area (Å²) in [7, 11) is 4.44. The van der Waals surface area contributed by atoms with Crippen molar-refractivity contribution in [3.63, 3.8) is 0 Å². The predicted molar refractivity (Wildman–Crippen MR) is 105 cm³/mol. The monoisotopic (exact) mass is 446 g/mol. The average molecular weight is 446 g/mol. The molecular formula is C21H23F5N2O3. The Morgan fingerprint density at radius 2 is 1.84 bits per heavy atom. The summed E-state index contributed by atoms with van der Waals surface area (Å²) in [6.45, 7) is 2.94. The number of aryl methyl sites for hydroxylation is 1. The van der Waals surface area contributed by atoms with Crippen molar-refractivity contribution in [3.05, 3.63) is 57.0 Å². The lowest BCUT2D eigenvalue weighted by Gasteiger charge is -2.25. The Morgan fingerprint density at radius 3 is 2.35 bits per heavy atom. The number of halogens is 5. The van der Waals surface area contributed by atoms with E-state index < -0.39 is 53.0 Å². The third-order valence-corrected chi connectivity index (χ3v) is 5.59. The number of benzene rings is 1. The van der Waals surface area contributed by atoms with Gasteiger partial charge in [0, 0.05) is 48.9 Å². The standard InChI is InChI=1S/C21H23F5N2O3/c1-9-15(11-6-7-12(22)16(23)18(11)30-5)19(31-20(9)21(24,25)26)13-8-14(29)17(28(3)4)10(2)27-13/h6-9,15,19-20H,1-5H3,(H,27,29)/t9-,15-,19-,20+/m1/s1. The number of alkyl halides is 3. The van der Waals surface area contributed by atoms with Crippen LogP contribution in [0.15, 0.2) is 23.0 Å². The third kappa shape index (κ3) is 4.00. The minimum atomic E-state index is -4.70. The zero-order valence-corrected chi connectivity index (χ0v) is 17.6. The second-order valence-electron chi connectivity index (χ2n) is 7.84. The van der Waals surface area contributed by atoms with Crippen molar-refractivity contribution in [3.8, 4) is 5.75 Å². The number of hydrogen-bond donors (Lipinski definition) is 1. The van der Waals surface area contributed by atoms with Crippen molar-refractivity contribution in [2.24, 2.45) is 5.92 Å². The first-order chi connectivity index (χ1) is 14.4. The largest absolute Gasteiger partial charge is 0.493 e. The zero-order valence-electron chi connectivity index (χ0n) is 17.6. The Balaban J connectivity index is 2.21. The fourth-order valence-electron chi connectivity index (χ4n) is 4.35. The number of nitrogens with one attached hydrogen (secondary N) is 1. The lowest BCUT2D eigenvalue weighted by molar-refractivity contribution is -0.223. The van der Waals surface area contributed by atoms with Crippen LogP contribution in [0, 0.1) is 24.5 Å². The molecule has 170 valence electrons. The normalized spacial score (nSPS) is 23.8. The molecule has 0 amide bonds. The van der Waals surface area contributed by atoms with Crippen molar-refractivity contribution in [2.45, 2.75) is 38.1 Å². The molecule has 1 N–H and O–H groups in total. The smallest absolute Gasteiger partial charge is 0.414 e. The molecule has 10 heteroatoms. The Bertz CT molecular complexity index is 1030. The summed E-state index contributed by atoms with van der Waals surface area (Å²) in [5.74, 6) is -5.19. The maximum Gasteiger partial charge on any atom is 0.414 e. The van der Waals surface area contributed by atoms with Crippen LogP contribution >= 0.6 is 0 Å². The van der Waals surface area contributed by atoms with E-state index >= 15 is 0 Å². The van der Waals surface area contributed by atoms with Crippen LogP contribution in [-0.2, 0) is 4.74 Å². The molecule has 0 bridgehead atoms. The van der Waals surface area contributed by atoms with E-state index in [-0.39, 0.29) is 11.3 Å². The van der Waals surface area contributed by atoms with E-state index in [1.165, 1.54) is 19.1 Å². The molecule has 31 heavy (non-hydrogen) atoms. The quantitative estimate of drug-likeness (QED) is 0.705. The molecule has 0 unspecified atom stereocenters. The van der Waals surface area contributed by atoms with E-state index in [1.807, 2.05) is 0 Å². The number of hydrogen-bond acceptors (Lipinski definition) is 4. The molecule has 3 rings (SSSR count). The molecule has 1 aromatic heterocycles. The summed E-state index contributed by atoms with van der Waals surface area (Å²) in [6.07, 6.45) is -8.13. The van der Waals surface area contributed by atoms with Gasteiger partial charge in [0.2, 0.25) is 11.2 Å². The highest BCUT2D eigenvalue weighted by Crippen LogP contribution is 2.54. The molecule has 1 aromatic carbocycles. The van der Waals surface area contributed by atoms with Gasteiger partial charge in [-0.05, 0) is 13.0 Å². The highest BCUT2D eigenvalue weighted by Gasteiger charge is 2.56. The van der Waals surface area contributed by atoms with Gasteiger partial charge in [0.05, 0.1) is 7.11 Å². The van der Waals surface area contributed by atoms with Gasteiger partial charge >= 0.3 is 6.18 Å². The third-order valence-electron chi connectivity index (χ3n) is 5.59. The first-order valence-corrected chi connectivity index (χ1v) is 9.53. The van der Waals surface area contributed by atoms with E-state index in [4.69, 9.17) is 9.47 Å². The molecule has 2 heterocycles. The van der Waals surface area contributed by atoms with Gasteiger partial charge in [-0.15, -0.1) is 0 Å². The van der Waals surface area contributed by atoms with Gasteiger partial charge in [0.15, 0.2) is 17.7 Å². The number of aromatic nitrogens is 1. The van der Waals surface area contributed by atoms with Crippen LogP contribution < -0.4 is 15.1 Å². The maximum atomic E-state index is 14.3. The number of aromatic amines is 1. The summed E-state index contributed by atoms with van der Waals surface area (Å²) >= 11 is 0. The molecule has 0 spiro atoms. The van der Waals surface area contributed by atoms with Crippen LogP contribution in [0.3, 0.4) is 0 Å². The van der Waals surface area contributed by atoms with Crippen molar-refractivity contribution in [2.75, 3.05) is 26.1 Å². The van der Waals surface area contributed by atoms with E-state index in [0.717, 1.165) is 13.2 Å². The van der Waals surface area contributed by atoms with E-state index in [0.29, 0.717) is 11.4 Å². The zero-order chi connectivity index (χ0) is 23.2. The molecule has 0 radical (unpaired) electrons.